The summed E-state index contributed by atoms with van der Waals surface area (Å²) < 4.78 is 2.50. The van der Waals surface area contributed by atoms with Crippen LogP contribution in [0.4, 0.5) is 17.1 Å². The first kappa shape index (κ1) is 33.6. The molecule has 0 bridgehead atoms. The molecule has 1 heterocycles. The largest absolute Gasteiger partial charge is 0.310 e. The molecule has 11 rings (SSSR count). The van der Waals surface area contributed by atoms with E-state index in [1.807, 2.05) is 0 Å². The molecule has 0 atom stereocenters. The molecule has 0 amide bonds. The third kappa shape index (κ3) is 5.74. The number of hydrogen-bond acceptors (Lipinski definition) is 1. The molecule has 0 saturated heterocycles. The quantitative estimate of drug-likeness (QED) is 0.158. The van der Waals surface area contributed by atoms with Crippen LogP contribution in [0.5, 0.6) is 0 Å². The van der Waals surface area contributed by atoms with E-state index in [2.05, 4.69) is 240 Å². The van der Waals surface area contributed by atoms with Crippen molar-refractivity contribution in [3.63, 3.8) is 0 Å². The third-order valence-electron chi connectivity index (χ3n) is 11.6. The van der Waals surface area contributed by atoms with Crippen molar-refractivity contribution in [2.45, 2.75) is 0 Å². The highest BCUT2D eigenvalue weighted by Gasteiger charge is 2.21. The van der Waals surface area contributed by atoms with Crippen LogP contribution in [-0.4, -0.2) is 4.57 Å². The van der Waals surface area contributed by atoms with Gasteiger partial charge in [0.2, 0.25) is 0 Å². The minimum absolute atomic E-state index is 1.09. The zero-order valence-electron chi connectivity index (χ0n) is 31.8. The van der Waals surface area contributed by atoms with Gasteiger partial charge in [0, 0.05) is 33.4 Å². The average Bonchev–Trinajstić information content (AvgIpc) is 3.63. The highest BCUT2D eigenvalue weighted by Crippen LogP contribution is 2.44. The zero-order chi connectivity index (χ0) is 38.4. The van der Waals surface area contributed by atoms with Crippen LogP contribution in [0, 0.1) is 0 Å². The second-order valence-electron chi connectivity index (χ2n) is 14.9. The first-order chi connectivity index (χ1) is 28.8. The summed E-state index contributed by atoms with van der Waals surface area (Å²) in [4.78, 5) is 2.37. The van der Waals surface area contributed by atoms with Gasteiger partial charge in [-0.2, -0.15) is 0 Å². The highest BCUT2D eigenvalue weighted by atomic mass is 15.1. The monoisotopic (exact) mass is 738 g/mol. The number of benzene rings is 10. The maximum atomic E-state index is 2.50. The molecular formula is C56H38N2. The van der Waals surface area contributed by atoms with Crippen LogP contribution in [0.15, 0.2) is 231 Å². The molecule has 2 heteroatoms. The van der Waals surface area contributed by atoms with Crippen molar-refractivity contribution < 1.29 is 0 Å². The average molecular weight is 739 g/mol. The van der Waals surface area contributed by atoms with Crippen LogP contribution >= 0.6 is 0 Å². The summed E-state index contributed by atoms with van der Waals surface area (Å²) >= 11 is 0. The van der Waals surface area contributed by atoms with E-state index >= 15 is 0 Å². The Labute approximate surface area is 338 Å². The van der Waals surface area contributed by atoms with E-state index in [1.165, 1.54) is 71.2 Å². The van der Waals surface area contributed by atoms with Gasteiger partial charge >= 0.3 is 0 Å². The molecule has 0 saturated carbocycles. The first-order valence-corrected chi connectivity index (χ1v) is 19.9. The van der Waals surface area contributed by atoms with Gasteiger partial charge in [-0.15, -0.1) is 0 Å². The van der Waals surface area contributed by atoms with Crippen molar-refractivity contribution in [3.05, 3.63) is 231 Å². The van der Waals surface area contributed by atoms with Gasteiger partial charge < -0.3 is 9.47 Å². The second-order valence-corrected chi connectivity index (χ2v) is 14.9. The van der Waals surface area contributed by atoms with E-state index in [0.717, 1.165) is 28.3 Å². The molecule has 58 heavy (non-hydrogen) atoms. The molecule has 10 aromatic carbocycles. The fourth-order valence-corrected chi connectivity index (χ4v) is 8.86. The standard InChI is InChI=1S/C56H38N2/c1-3-15-39(16-4-1)40-29-32-45(33-30-40)57(44-21-5-2-6-22-44)46-34-36-53-51-25-11-12-28-54(51)58(56(53)38-46)55-37-43(49-26-13-19-41-17-7-9-23-47(41)49)31-35-52(55)50-27-14-20-42-18-8-10-24-48(42)50/h1-38H. The maximum Gasteiger partial charge on any atom is 0.0562 e. The van der Waals surface area contributed by atoms with E-state index in [-0.39, 0.29) is 0 Å². The summed E-state index contributed by atoms with van der Waals surface area (Å²) in [5.74, 6) is 0. The Balaban J connectivity index is 1.18. The lowest BCUT2D eigenvalue weighted by atomic mass is 9.92. The van der Waals surface area contributed by atoms with Crippen molar-refractivity contribution in [1.29, 1.82) is 0 Å². The van der Waals surface area contributed by atoms with Crippen LogP contribution in [0.3, 0.4) is 0 Å². The van der Waals surface area contributed by atoms with Crippen LogP contribution in [-0.2, 0) is 0 Å². The van der Waals surface area contributed by atoms with Crippen LogP contribution in [0.2, 0.25) is 0 Å². The first-order valence-electron chi connectivity index (χ1n) is 19.9. The molecule has 2 nitrogen and oxygen atoms in total. The number of para-hydroxylation sites is 2. The van der Waals surface area contributed by atoms with E-state index in [1.54, 1.807) is 0 Å². The predicted molar refractivity (Wildman–Crippen MR) is 247 cm³/mol. The van der Waals surface area contributed by atoms with Crippen molar-refractivity contribution >= 4 is 60.4 Å². The molecule has 0 aliphatic rings. The van der Waals surface area contributed by atoms with E-state index < -0.39 is 0 Å². The van der Waals surface area contributed by atoms with Crippen molar-refractivity contribution in [1.82, 2.24) is 4.57 Å². The van der Waals surface area contributed by atoms with Gasteiger partial charge in [0.05, 0.1) is 16.7 Å². The van der Waals surface area contributed by atoms with Gasteiger partial charge in [-0.3, -0.25) is 0 Å². The topological polar surface area (TPSA) is 8.17 Å². The van der Waals surface area contributed by atoms with Gasteiger partial charge in [-0.05, 0) is 97.9 Å². The van der Waals surface area contributed by atoms with Gasteiger partial charge in [0.15, 0.2) is 0 Å². The van der Waals surface area contributed by atoms with Gasteiger partial charge in [-0.25, -0.2) is 0 Å². The number of anilines is 3. The van der Waals surface area contributed by atoms with Gasteiger partial charge in [0.1, 0.15) is 0 Å². The van der Waals surface area contributed by atoms with Gasteiger partial charge in [-0.1, -0.05) is 182 Å². The summed E-state index contributed by atoms with van der Waals surface area (Å²) in [5, 5.41) is 7.38. The lowest BCUT2D eigenvalue weighted by molar-refractivity contribution is 1.18. The Morgan fingerprint density at radius 3 is 1.53 bits per heavy atom. The summed E-state index contributed by atoms with van der Waals surface area (Å²) in [5.41, 5.74) is 14.0. The highest BCUT2D eigenvalue weighted by molar-refractivity contribution is 6.12. The number of hydrogen-bond donors (Lipinski definition) is 0. The Hall–Kier alpha value is -7.68. The van der Waals surface area contributed by atoms with Gasteiger partial charge in [0.25, 0.3) is 0 Å². The summed E-state index contributed by atoms with van der Waals surface area (Å²) in [6, 6.07) is 83.8. The third-order valence-corrected chi connectivity index (χ3v) is 11.6. The zero-order valence-corrected chi connectivity index (χ0v) is 31.8. The molecule has 11 aromatic rings. The lowest BCUT2D eigenvalue weighted by Gasteiger charge is -2.26. The summed E-state index contributed by atoms with van der Waals surface area (Å²) in [6.07, 6.45) is 0. The van der Waals surface area contributed by atoms with E-state index in [4.69, 9.17) is 0 Å². The molecule has 0 radical (unpaired) electrons. The lowest BCUT2D eigenvalue weighted by Crippen LogP contribution is -2.10. The van der Waals surface area contributed by atoms with E-state index in [0.29, 0.717) is 0 Å². The minimum Gasteiger partial charge on any atom is -0.310 e. The normalized spacial score (nSPS) is 11.4. The minimum atomic E-state index is 1.09. The molecule has 272 valence electrons. The molecule has 1 aromatic heterocycles. The van der Waals surface area contributed by atoms with Crippen LogP contribution in [0.1, 0.15) is 0 Å². The van der Waals surface area contributed by atoms with E-state index in [9.17, 15) is 0 Å². The fraction of sp³-hybridized carbons (Fsp3) is 0. The molecule has 0 N–H and O–H groups in total. The Morgan fingerprint density at radius 2 is 0.793 bits per heavy atom. The number of nitrogens with zero attached hydrogens (tertiary/aromatic N) is 2. The van der Waals surface area contributed by atoms with Crippen molar-refractivity contribution in [2.24, 2.45) is 0 Å². The maximum absolute atomic E-state index is 2.50. The molecular weight excluding hydrogens is 701 g/mol. The smallest absolute Gasteiger partial charge is 0.0562 e. The number of fused-ring (bicyclic) bond motifs is 5. The Bertz CT molecular complexity index is 3260. The molecule has 0 aliphatic heterocycles. The summed E-state index contributed by atoms with van der Waals surface area (Å²) in [7, 11) is 0. The molecule has 0 spiro atoms. The second kappa shape index (κ2) is 14.1. The predicted octanol–water partition coefficient (Wildman–Crippen LogP) is 15.6. The SMILES string of the molecule is c1ccc(-c2ccc(N(c3ccccc3)c3ccc4c5ccccc5n(-c5cc(-c6cccc7ccccc67)ccc5-c5cccc6ccccc56)c4c3)cc2)cc1. The Kier molecular flexibility index (Phi) is 8.19. The van der Waals surface area contributed by atoms with Crippen LogP contribution < -0.4 is 4.90 Å². The fourth-order valence-electron chi connectivity index (χ4n) is 8.86. The Morgan fingerprint density at radius 1 is 0.276 bits per heavy atom. The van der Waals surface area contributed by atoms with Crippen LogP contribution in [0.25, 0.3) is 82.4 Å². The molecule has 0 unspecified atom stereocenters. The van der Waals surface area contributed by atoms with Crippen molar-refractivity contribution in [3.8, 4) is 39.1 Å². The molecule has 0 fully saturated rings. The van der Waals surface area contributed by atoms with Crippen molar-refractivity contribution in [2.75, 3.05) is 4.90 Å². The summed E-state index contributed by atoms with van der Waals surface area (Å²) in [6.45, 7) is 0. The number of aromatic nitrogens is 1. The number of rotatable bonds is 7. The molecule has 0 aliphatic carbocycles.